The third kappa shape index (κ3) is 5.25. The van der Waals surface area contributed by atoms with E-state index in [1.165, 1.54) is 6.08 Å². The van der Waals surface area contributed by atoms with Crippen molar-refractivity contribution in [2.75, 3.05) is 12.3 Å². The number of aliphatic carboxylic acids is 1. The van der Waals surface area contributed by atoms with Gasteiger partial charge in [0.15, 0.2) is 0 Å². The van der Waals surface area contributed by atoms with E-state index in [9.17, 15) is 9.59 Å². The van der Waals surface area contributed by atoms with Crippen LogP contribution in [0.5, 0.6) is 0 Å². The summed E-state index contributed by atoms with van der Waals surface area (Å²) in [5, 5.41) is 8.56. The molecule has 0 radical (unpaired) electrons. The molecule has 3 N–H and O–H groups in total. The number of anilines is 1. The molecule has 0 bridgehead atoms. The van der Waals surface area contributed by atoms with Crippen molar-refractivity contribution in [2.45, 2.75) is 19.8 Å². The molecule has 0 saturated heterocycles. The number of nitrogen functional groups attached to an aromatic ring is 1. The average Bonchev–Trinajstić information content (AvgIpc) is 2.36. The molecule has 1 aromatic rings. The van der Waals surface area contributed by atoms with Crippen LogP contribution >= 0.6 is 0 Å². The fourth-order valence-electron chi connectivity index (χ4n) is 1.58. The number of ether oxygens (including phenoxy) is 1. The predicted molar refractivity (Wildman–Crippen MR) is 72.5 cm³/mol. The fraction of sp³-hybridized carbons (Fsp3) is 0.286. The molecule has 102 valence electrons. The van der Waals surface area contributed by atoms with Gasteiger partial charge in [-0.25, -0.2) is 4.79 Å². The monoisotopic (exact) mass is 263 g/mol. The van der Waals surface area contributed by atoms with Gasteiger partial charge in [-0.2, -0.15) is 0 Å². The molecule has 1 rings (SSSR count). The largest absolute Gasteiger partial charge is 0.478 e. The minimum absolute atomic E-state index is 0.254. The minimum atomic E-state index is -1.01. The predicted octanol–water partition coefficient (Wildman–Crippen LogP) is 1.86. The number of carbonyl (C=O) groups is 2. The smallest absolute Gasteiger partial charge is 0.328 e. The van der Waals surface area contributed by atoms with Crippen LogP contribution in [0.1, 0.15) is 24.5 Å². The molecule has 19 heavy (non-hydrogen) atoms. The maximum absolute atomic E-state index is 11.3. The number of nitrogens with two attached hydrogens (primary N) is 1. The number of hydrogen-bond donors (Lipinski definition) is 2. The number of carboxylic acids is 1. The summed E-state index contributed by atoms with van der Waals surface area (Å²) in [6.45, 7) is 2.11. The number of esters is 1. The Kier molecular flexibility index (Phi) is 5.60. The zero-order chi connectivity index (χ0) is 14.3. The number of aryl methyl sites for hydroxylation is 1. The molecule has 5 heteroatoms. The second-order valence-corrected chi connectivity index (χ2v) is 3.93. The Labute approximate surface area is 111 Å². The van der Waals surface area contributed by atoms with Crippen LogP contribution in [0.25, 0.3) is 6.08 Å². The summed E-state index contributed by atoms with van der Waals surface area (Å²) in [5.74, 6) is -1.28. The first-order valence-corrected chi connectivity index (χ1v) is 5.98. The zero-order valence-corrected chi connectivity index (χ0v) is 10.8. The van der Waals surface area contributed by atoms with E-state index in [2.05, 4.69) is 0 Å². The second-order valence-electron chi connectivity index (χ2n) is 3.93. The average molecular weight is 263 g/mol. The van der Waals surface area contributed by atoms with Gasteiger partial charge in [-0.05, 0) is 42.7 Å². The Morgan fingerprint density at radius 1 is 1.42 bits per heavy atom. The zero-order valence-electron chi connectivity index (χ0n) is 10.8. The number of hydrogen-bond acceptors (Lipinski definition) is 4. The molecule has 1 aromatic carbocycles. The van der Waals surface area contributed by atoms with Crippen molar-refractivity contribution in [3.8, 4) is 0 Å². The van der Waals surface area contributed by atoms with Gasteiger partial charge in [-0.3, -0.25) is 4.79 Å². The third-order valence-electron chi connectivity index (χ3n) is 2.49. The first-order chi connectivity index (χ1) is 9.02. The molecule has 0 aliphatic rings. The van der Waals surface area contributed by atoms with E-state index in [-0.39, 0.29) is 12.4 Å². The van der Waals surface area contributed by atoms with Gasteiger partial charge in [0.1, 0.15) is 0 Å². The van der Waals surface area contributed by atoms with Gasteiger partial charge in [0.25, 0.3) is 0 Å². The van der Waals surface area contributed by atoms with Crippen LogP contribution in [0.15, 0.2) is 24.3 Å². The van der Waals surface area contributed by atoms with E-state index in [4.69, 9.17) is 15.6 Å². The lowest BCUT2D eigenvalue weighted by atomic mass is 10.0. The van der Waals surface area contributed by atoms with Gasteiger partial charge in [0, 0.05) is 18.2 Å². The standard InChI is InChI=1S/C14H17NO4/c1-2-19-14(18)8-5-11-9-10(3-6-12(11)15)4-7-13(16)17/h3-4,6-7,9H,2,5,8,15H2,1H3,(H,16,17)/b7-4+. The van der Waals surface area contributed by atoms with E-state index >= 15 is 0 Å². The van der Waals surface area contributed by atoms with Gasteiger partial charge < -0.3 is 15.6 Å². The molecule has 0 unspecified atom stereocenters. The van der Waals surface area contributed by atoms with Crippen molar-refractivity contribution in [1.29, 1.82) is 0 Å². The maximum atomic E-state index is 11.3. The molecule has 0 aliphatic heterocycles. The summed E-state index contributed by atoms with van der Waals surface area (Å²) in [4.78, 5) is 21.7. The van der Waals surface area contributed by atoms with Gasteiger partial charge >= 0.3 is 11.9 Å². The Morgan fingerprint density at radius 2 is 2.16 bits per heavy atom. The lowest BCUT2D eigenvalue weighted by Gasteiger charge is -2.06. The first kappa shape index (κ1) is 14.8. The van der Waals surface area contributed by atoms with Crippen LogP contribution in [0.2, 0.25) is 0 Å². The van der Waals surface area contributed by atoms with Crippen molar-refractivity contribution in [3.05, 3.63) is 35.4 Å². The van der Waals surface area contributed by atoms with Gasteiger partial charge in [0.2, 0.25) is 0 Å². The summed E-state index contributed by atoms with van der Waals surface area (Å²) in [6.07, 6.45) is 3.26. The summed E-state index contributed by atoms with van der Waals surface area (Å²) in [5.41, 5.74) is 7.93. The normalized spacial score (nSPS) is 10.6. The van der Waals surface area contributed by atoms with Crippen LogP contribution in [-0.4, -0.2) is 23.7 Å². The molecular weight excluding hydrogens is 246 g/mol. The van der Waals surface area contributed by atoms with Gasteiger partial charge in [-0.15, -0.1) is 0 Å². The molecule has 0 aromatic heterocycles. The molecule has 0 heterocycles. The van der Waals surface area contributed by atoms with Crippen LogP contribution in [0.4, 0.5) is 5.69 Å². The Bertz CT molecular complexity index is 494. The second kappa shape index (κ2) is 7.20. The van der Waals surface area contributed by atoms with Crippen molar-refractivity contribution < 1.29 is 19.4 Å². The van der Waals surface area contributed by atoms with E-state index < -0.39 is 5.97 Å². The van der Waals surface area contributed by atoms with Crippen LogP contribution < -0.4 is 5.73 Å². The SMILES string of the molecule is CCOC(=O)CCc1cc(/C=C/C(=O)O)ccc1N. The van der Waals surface area contributed by atoms with E-state index in [1.807, 2.05) is 0 Å². The summed E-state index contributed by atoms with van der Waals surface area (Å²) >= 11 is 0. The molecule has 0 aliphatic carbocycles. The highest BCUT2D eigenvalue weighted by Gasteiger charge is 2.05. The fourth-order valence-corrected chi connectivity index (χ4v) is 1.58. The van der Waals surface area contributed by atoms with Crippen molar-refractivity contribution in [2.24, 2.45) is 0 Å². The van der Waals surface area contributed by atoms with Crippen molar-refractivity contribution >= 4 is 23.7 Å². The molecule has 0 saturated carbocycles. The molecular formula is C14H17NO4. The Morgan fingerprint density at radius 3 is 2.79 bits per heavy atom. The molecule has 0 atom stereocenters. The van der Waals surface area contributed by atoms with E-state index in [0.29, 0.717) is 18.7 Å². The Balaban J connectivity index is 2.74. The quantitative estimate of drug-likeness (QED) is 0.464. The highest BCUT2D eigenvalue weighted by Crippen LogP contribution is 2.17. The van der Waals surface area contributed by atoms with E-state index in [0.717, 1.165) is 17.2 Å². The summed E-state index contributed by atoms with van der Waals surface area (Å²) < 4.78 is 4.84. The van der Waals surface area contributed by atoms with Crippen molar-refractivity contribution in [3.63, 3.8) is 0 Å². The van der Waals surface area contributed by atoms with Gasteiger partial charge in [0.05, 0.1) is 6.61 Å². The van der Waals surface area contributed by atoms with Crippen LogP contribution in [-0.2, 0) is 20.7 Å². The summed E-state index contributed by atoms with van der Waals surface area (Å²) in [6, 6.07) is 5.19. The number of carbonyl (C=O) groups excluding carboxylic acids is 1. The minimum Gasteiger partial charge on any atom is -0.478 e. The molecule has 0 amide bonds. The highest BCUT2D eigenvalue weighted by atomic mass is 16.5. The number of benzene rings is 1. The first-order valence-electron chi connectivity index (χ1n) is 5.98. The van der Waals surface area contributed by atoms with E-state index in [1.54, 1.807) is 25.1 Å². The summed E-state index contributed by atoms with van der Waals surface area (Å²) in [7, 11) is 0. The number of carboxylic acid groups (broad SMARTS) is 1. The molecule has 0 fully saturated rings. The number of rotatable bonds is 6. The maximum Gasteiger partial charge on any atom is 0.328 e. The Hall–Kier alpha value is -2.30. The topological polar surface area (TPSA) is 89.6 Å². The molecule has 0 spiro atoms. The van der Waals surface area contributed by atoms with Crippen LogP contribution in [0.3, 0.4) is 0 Å². The molecule has 5 nitrogen and oxygen atoms in total. The lowest BCUT2D eigenvalue weighted by Crippen LogP contribution is -2.06. The highest BCUT2D eigenvalue weighted by molar-refractivity contribution is 5.85. The lowest BCUT2D eigenvalue weighted by molar-refractivity contribution is -0.143. The van der Waals surface area contributed by atoms with Crippen molar-refractivity contribution in [1.82, 2.24) is 0 Å². The third-order valence-corrected chi connectivity index (χ3v) is 2.49. The van der Waals surface area contributed by atoms with Crippen LogP contribution in [0, 0.1) is 0 Å². The van der Waals surface area contributed by atoms with Gasteiger partial charge in [-0.1, -0.05) is 6.07 Å².